The number of terminal acetylenes is 1. The molecular weight excluding hydrogens is 156 g/mol. The third kappa shape index (κ3) is 1.45. The van der Waals surface area contributed by atoms with Crippen molar-refractivity contribution in [2.45, 2.75) is 6.54 Å². The van der Waals surface area contributed by atoms with Crippen LogP contribution in [0.15, 0.2) is 17.3 Å². The second-order valence-electron chi connectivity index (χ2n) is 2.10. The van der Waals surface area contributed by atoms with Gasteiger partial charge in [0.15, 0.2) is 0 Å². The van der Waals surface area contributed by atoms with Gasteiger partial charge in [0.1, 0.15) is 0 Å². The molecule has 0 N–H and O–H groups in total. The van der Waals surface area contributed by atoms with Crippen molar-refractivity contribution < 1.29 is 4.74 Å². The van der Waals surface area contributed by atoms with E-state index >= 15 is 0 Å². The Kier molecular flexibility index (Phi) is 2.49. The third-order valence-electron chi connectivity index (χ3n) is 1.35. The molecule has 0 aliphatic carbocycles. The molecule has 4 heteroatoms. The number of methoxy groups -OCH3 is 1. The van der Waals surface area contributed by atoms with E-state index in [0.717, 1.165) is 0 Å². The minimum atomic E-state index is -0.259. The minimum Gasteiger partial charge on any atom is -0.490 e. The normalized spacial score (nSPS) is 9.00. The lowest BCUT2D eigenvalue weighted by atomic mass is 10.5. The summed E-state index contributed by atoms with van der Waals surface area (Å²) < 4.78 is 6.07. The topological polar surface area (TPSA) is 44.1 Å². The monoisotopic (exact) mass is 164 g/mol. The van der Waals surface area contributed by atoms with E-state index in [9.17, 15) is 4.79 Å². The number of hydrogen-bond donors (Lipinski definition) is 0. The second kappa shape index (κ2) is 3.58. The van der Waals surface area contributed by atoms with Crippen LogP contribution >= 0.6 is 0 Å². The second-order valence-corrected chi connectivity index (χ2v) is 2.10. The first-order chi connectivity index (χ1) is 5.79. The molecule has 0 aromatic carbocycles. The molecule has 1 aromatic rings. The fourth-order valence-electron chi connectivity index (χ4n) is 0.782. The van der Waals surface area contributed by atoms with E-state index in [-0.39, 0.29) is 17.9 Å². The van der Waals surface area contributed by atoms with Gasteiger partial charge in [-0.05, 0) is 0 Å². The molecule has 1 aromatic heterocycles. The minimum absolute atomic E-state index is 0.202. The van der Waals surface area contributed by atoms with E-state index < -0.39 is 0 Å². The van der Waals surface area contributed by atoms with Crippen LogP contribution in [0.2, 0.25) is 0 Å². The Morgan fingerprint density at radius 1 is 1.83 bits per heavy atom. The molecule has 0 amide bonds. The van der Waals surface area contributed by atoms with Gasteiger partial charge < -0.3 is 4.74 Å². The van der Waals surface area contributed by atoms with Gasteiger partial charge in [-0.2, -0.15) is 0 Å². The summed E-state index contributed by atoms with van der Waals surface area (Å²) in [6, 6.07) is 0. The molecule has 62 valence electrons. The van der Waals surface area contributed by atoms with Gasteiger partial charge in [-0.25, -0.2) is 4.98 Å². The van der Waals surface area contributed by atoms with Crippen molar-refractivity contribution in [3.63, 3.8) is 0 Å². The van der Waals surface area contributed by atoms with Crippen LogP contribution in [0.4, 0.5) is 0 Å². The first kappa shape index (κ1) is 8.34. The van der Waals surface area contributed by atoms with Crippen molar-refractivity contribution in [3.05, 3.63) is 22.9 Å². The van der Waals surface area contributed by atoms with Gasteiger partial charge in [-0.3, -0.25) is 9.36 Å². The summed E-state index contributed by atoms with van der Waals surface area (Å²) in [6.45, 7) is 0.211. The van der Waals surface area contributed by atoms with Gasteiger partial charge in [-0.1, -0.05) is 5.92 Å². The first-order valence-electron chi connectivity index (χ1n) is 3.31. The van der Waals surface area contributed by atoms with Crippen LogP contribution in [0, 0.1) is 12.3 Å². The van der Waals surface area contributed by atoms with Crippen LogP contribution in [0.25, 0.3) is 0 Å². The lowest BCUT2D eigenvalue weighted by molar-refractivity contribution is 0.401. The maximum Gasteiger partial charge on any atom is 0.296 e. The molecule has 1 rings (SSSR count). The number of nitrogens with zero attached hydrogens (tertiary/aromatic N) is 2. The zero-order valence-electron chi connectivity index (χ0n) is 6.65. The Morgan fingerprint density at radius 3 is 3.17 bits per heavy atom. The Hall–Kier alpha value is -1.76. The molecule has 0 saturated heterocycles. The highest BCUT2D eigenvalue weighted by Gasteiger charge is 2.00. The van der Waals surface area contributed by atoms with Gasteiger partial charge in [0.05, 0.1) is 26.2 Å². The fourth-order valence-corrected chi connectivity index (χ4v) is 0.782. The molecule has 0 saturated carbocycles. The largest absolute Gasteiger partial charge is 0.490 e. The SMILES string of the molecule is C#CCn1cncc(OC)c1=O. The third-order valence-corrected chi connectivity index (χ3v) is 1.35. The molecule has 1 heterocycles. The zero-order valence-corrected chi connectivity index (χ0v) is 6.65. The molecule has 4 nitrogen and oxygen atoms in total. The summed E-state index contributed by atoms with van der Waals surface area (Å²) in [5.41, 5.74) is -0.259. The Bertz CT molecular complexity index is 362. The van der Waals surface area contributed by atoms with Crippen LogP contribution in [0.5, 0.6) is 5.75 Å². The summed E-state index contributed by atoms with van der Waals surface area (Å²) in [5.74, 6) is 2.55. The van der Waals surface area contributed by atoms with Gasteiger partial charge in [0.25, 0.3) is 5.56 Å². The Labute approximate surface area is 69.8 Å². The molecular formula is C8H8N2O2. The van der Waals surface area contributed by atoms with E-state index in [4.69, 9.17) is 11.2 Å². The highest BCUT2D eigenvalue weighted by molar-refractivity contribution is 5.12. The molecule has 0 spiro atoms. The summed E-state index contributed by atoms with van der Waals surface area (Å²) >= 11 is 0. The molecule has 0 unspecified atom stereocenters. The number of ether oxygens (including phenoxy) is 1. The fraction of sp³-hybridized carbons (Fsp3) is 0.250. The quantitative estimate of drug-likeness (QED) is 0.572. The molecule has 0 aliphatic rings. The van der Waals surface area contributed by atoms with Gasteiger partial charge in [0.2, 0.25) is 5.75 Å². The van der Waals surface area contributed by atoms with E-state index in [1.54, 1.807) is 0 Å². The highest BCUT2D eigenvalue weighted by atomic mass is 16.5. The van der Waals surface area contributed by atoms with Crippen LogP contribution in [-0.4, -0.2) is 16.7 Å². The zero-order chi connectivity index (χ0) is 8.97. The molecule has 0 fully saturated rings. The van der Waals surface area contributed by atoms with Crippen molar-refractivity contribution in [3.8, 4) is 18.1 Å². The maximum atomic E-state index is 11.3. The molecule has 0 radical (unpaired) electrons. The Balaban J connectivity index is 3.16. The predicted octanol–water partition coefficient (Wildman–Crippen LogP) is -0.115. The summed E-state index contributed by atoms with van der Waals surface area (Å²) in [6.07, 6.45) is 7.78. The van der Waals surface area contributed by atoms with E-state index in [2.05, 4.69) is 10.9 Å². The van der Waals surface area contributed by atoms with Gasteiger partial charge >= 0.3 is 0 Å². The summed E-state index contributed by atoms with van der Waals surface area (Å²) in [7, 11) is 1.42. The molecule has 0 bridgehead atoms. The smallest absolute Gasteiger partial charge is 0.296 e. The molecule has 12 heavy (non-hydrogen) atoms. The van der Waals surface area contributed by atoms with Crippen molar-refractivity contribution in [2.75, 3.05) is 7.11 Å². The Morgan fingerprint density at radius 2 is 2.58 bits per heavy atom. The average molecular weight is 164 g/mol. The van der Waals surface area contributed by atoms with E-state index in [1.807, 2.05) is 0 Å². The average Bonchev–Trinajstić information content (AvgIpc) is 2.09. The predicted molar refractivity (Wildman–Crippen MR) is 43.9 cm³/mol. The van der Waals surface area contributed by atoms with Crippen LogP contribution in [-0.2, 0) is 6.54 Å². The van der Waals surface area contributed by atoms with Crippen molar-refractivity contribution >= 4 is 0 Å². The number of rotatable bonds is 2. The van der Waals surface area contributed by atoms with E-state index in [0.29, 0.717) is 0 Å². The number of hydrogen-bond acceptors (Lipinski definition) is 3. The lowest BCUT2D eigenvalue weighted by Gasteiger charge is -2.01. The van der Waals surface area contributed by atoms with E-state index in [1.165, 1.54) is 24.2 Å². The lowest BCUT2D eigenvalue weighted by Crippen LogP contribution is -2.20. The van der Waals surface area contributed by atoms with Crippen LogP contribution in [0.3, 0.4) is 0 Å². The summed E-state index contributed by atoms with van der Waals surface area (Å²) in [4.78, 5) is 15.1. The molecule has 0 aliphatic heterocycles. The first-order valence-corrected chi connectivity index (χ1v) is 3.31. The van der Waals surface area contributed by atoms with Gasteiger partial charge in [-0.15, -0.1) is 6.42 Å². The highest BCUT2D eigenvalue weighted by Crippen LogP contribution is 1.96. The van der Waals surface area contributed by atoms with Gasteiger partial charge in [0, 0.05) is 0 Å². The maximum absolute atomic E-state index is 11.3. The van der Waals surface area contributed by atoms with Crippen molar-refractivity contribution in [1.82, 2.24) is 9.55 Å². The summed E-state index contributed by atoms with van der Waals surface area (Å²) in [5, 5.41) is 0. The number of aromatic nitrogens is 2. The van der Waals surface area contributed by atoms with Crippen molar-refractivity contribution in [1.29, 1.82) is 0 Å². The van der Waals surface area contributed by atoms with Crippen molar-refractivity contribution in [2.24, 2.45) is 0 Å². The standard InChI is InChI=1S/C8H8N2O2/c1-3-4-10-6-9-5-7(12-2)8(10)11/h1,5-6H,4H2,2H3. The molecule has 0 atom stereocenters. The van der Waals surface area contributed by atoms with Crippen LogP contribution < -0.4 is 10.3 Å². The van der Waals surface area contributed by atoms with Crippen LogP contribution in [0.1, 0.15) is 0 Å².